The second-order valence-electron chi connectivity index (χ2n) is 6.27. The molecule has 0 aromatic heterocycles. The van der Waals surface area contributed by atoms with E-state index in [4.69, 9.17) is 0 Å². The Balaban J connectivity index is 2.28. The van der Waals surface area contributed by atoms with Crippen LogP contribution < -0.4 is 10.6 Å². The Kier molecular flexibility index (Phi) is 8.15. The monoisotopic (exact) mass is 283 g/mol. The highest BCUT2D eigenvalue weighted by Gasteiger charge is 2.21. The summed E-state index contributed by atoms with van der Waals surface area (Å²) in [6, 6.07) is 0.991. The molecule has 1 rings (SSSR count). The minimum atomic E-state index is 0.134. The fourth-order valence-corrected chi connectivity index (χ4v) is 3.25. The van der Waals surface area contributed by atoms with Crippen LogP contribution in [0.15, 0.2) is 0 Å². The summed E-state index contributed by atoms with van der Waals surface area (Å²) in [5.74, 6) is 0.780. The van der Waals surface area contributed by atoms with Crippen molar-refractivity contribution >= 4 is 5.91 Å². The number of likely N-dealkylation sites (N-methyl/N-ethyl adjacent to an activating group) is 1. The van der Waals surface area contributed by atoms with E-state index in [1.165, 1.54) is 25.7 Å². The fourth-order valence-electron chi connectivity index (χ4n) is 3.25. The maximum absolute atomic E-state index is 11.9. The highest BCUT2D eigenvalue weighted by atomic mass is 16.1. The Labute approximate surface area is 124 Å². The minimum Gasteiger partial charge on any atom is -0.353 e. The van der Waals surface area contributed by atoms with Gasteiger partial charge in [-0.15, -0.1) is 0 Å². The number of rotatable bonds is 9. The Morgan fingerprint density at radius 2 is 1.80 bits per heavy atom. The van der Waals surface area contributed by atoms with Gasteiger partial charge in [-0.2, -0.15) is 0 Å². The molecule has 1 atom stereocenters. The van der Waals surface area contributed by atoms with Crippen molar-refractivity contribution in [1.82, 2.24) is 15.5 Å². The lowest BCUT2D eigenvalue weighted by Gasteiger charge is -2.31. The third-order valence-electron chi connectivity index (χ3n) is 4.67. The van der Waals surface area contributed by atoms with Crippen molar-refractivity contribution in [3.05, 3.63) is 0 Å². The van der Waals surface area contributed by atoms with Crippen molar-refractivity contribution in [2.45, 2.75) is 64.5 Å². The van der Waals surface area contributed by atoms with E-state index in [0.29, 0.717) is 24.5 Å². The summed E-state index contributed by atoms with van der Waals surface area (Å²) in [6.45, 7) is 5.68. The first-order valence-electron chi connectivity index (χ1n) is 8.24. The number of nitrogens with one attached hydrogen (secondary N) is 2. The molecule has 0 radical (unpaired) electrons. The molecule has 0 saturated heterocycles. The van der Waals surface area contributed by atoms with Crippen LogP contribution in [0.1, 0.15) is 52.4 Å². The molecule has 1 amide bonds. The molecule has 0 aromatic rings. The van der Waals surface area contributed by atoms with E-state index < -0.39 is 0 Å². The molecular weight excluding hydrogens is 250 g/mol. The maximum atomic E-state index is 11.9. The molecule has 0 aromatic carbocycles. The minimum absolute atomic E-state index is 0.134. The summed E-state index contributed by atoms with van der Waals surface area (Å²) >= 11 is 0. The van der Waals surface area contributed by atoms with Gasteiger partial charge in [-0.1, -0.05) is 39.5 Å². The first kappa shape index (κ1) is 17.4. The molecule has 0 spiro atoms. The Hall–Kier alpha value is -0.610. The van der Waals surface area contributed by atoms with Crippen molar-refractivity contribution < 1.29 is 4.79 Å². The van der Waals surface area contributed by atoms with Gasteiger partial charge in [0, 0.05) is 18.6 Å². The summed E-state index contributed by atoms with van der Waals surface area (Å²) in [5.41, 5.74) is 0. The largest absolute Gasteiger partial charge is 0.353 e. The van der Waals surface area contributed by atoms with E-state index in [0.717, 1.165) is 19.4 Å². The van der Waals surface area contributed by atoms with Gasteiger partial charge in [0.1, 0.15) is 0 Å². The van der Waals surface area contributed by atoms with Crippen molar-refractivity contribution in [2.75, 3.05) is 27.2 Å². The predicted molar refractivity (Wildman–Crippen MR) is 84.8 cm³/mol. The standard InChI is InChI=1S/C16H33N3O/c1-5-13(6-2)15(19(3)4)11-18-16(20)12-17-14-9-7-8-10-14/h13-15,17H,5-12H2,1-4H3,(H,18,20). The van der Waals surface area contributed by atoms with Gasteiger partial charge in [0.05, 0.1) is 6.54 Å². The SMILES string of the molecule is CCC(CC)C(CNC(=O)CNC1CCCC1)N(C)C. The smallest absolute Gasteiger partial charge is 0.234 e. The number of hydrogen-bond donors (Lipinski definition) is 2. The van der Waals surface area contributed by atoms with Crippen LogP contribution in [0.2, 0.25) is 0 Å². The highest BCUT2D eigenvalue weighted by Crippen LogP contribution is 2.17. The topological polar surface area (TPSA) is 44.4 Å². The number of hydrogen-bond acceptors (Lipinski definition) is 3. The Morgan fingerprint density at radius 1 is 1.20 bits per heavy atom. The van der Waals surface area contributed by atoms with Gasteiger partial charge in [0.15, 0.2) is 0 Å². The van der Waals surface area contributed by atoms with Crippen molar-refractivity contribution in [3.8, 4) is 0 Å². The zero-order valence-corrected chi connectivity index (χ0v) is 13.7. The third-order valence-corrected chi connectivity index (χ3v) is 4.67. The van der Waals surface area contributed by atoms with Crippen LogP contribution in [0.25, 0.3) is 0 Å². The van der Waals surface area contributed by atoms with Crippen LogP contribution in [0.5, 0.6) is 0 Å². The summed E-state index contributed by atoms with van der Waals surface area (Å²) in [4.78, 5) is 14.2. The second-order valence-corrected chi connectivity index (χ2v) is 6.27. The lowest BCUT2D eigenvalue weighted by Crippen LogP contribution is -2.47. The predicted octanol–water partition coefficient (Wildman–Crippen LogP) is 2.00. The van der Waals surface area contributed by atoms with Crippen molar-refractivity contribution in [1.29, 1.82) is 0 Å². The van der Waals surface area contributed by atoms with Crippen LogP contribution in [0, 0.1) is 5.92 Å². The lowest BCUT2D eigenvalue weighted by atomic mass is 9.93. The van der Waals surface area contributed by atoms with Gasteiger partial charge >= 0.3 is 0 Å². The normalized spacial score (nSPS) is 17.9. The van der Waals surface area contributed by atoms with Gasteiger partial charge < -0.3 is 15.5 Å². The molecule has 20 heavy (non-hydrogen) atoms. The number of amides is 1. The zero-order chi connectivity index (χ0) is 15.0. The molecule has 118 valence electrons. The molecule has 1 unspecified atom stereocenters. The first-order chi connectivity index (χ1) is 9.58. The zero-order valence-electron chi connectivity index (χ0n) is 13.7. The Morgan fingerprint density at radius 3 is 2.30 bits per heavy atom. The van der Waals surface area contributed by atoms with Gasteiger partial charge in [-0.25, -0.2) is 0 Å². The molecule has 4 heteroatoms. The summed E-state index contributed by atoms with van der Waals surface area (Å²) in [5, 5.41) is 6.46. The van der Waals surface area contributed by atoms with E-state index >= 15 is 0 Å². The molecule has 1 aliphatic carbocycles. The van der Waals surface area contributed by atoms with Gasteiger partial charge in [-0.05, 0) is 32.9 Å². The summed E-state index contributed by atoms with van der Waals surface area (Å²) < 4.78 is 0. The average molecular weight is 283 g/mol. The Bertz CT molecular complexity index is 271. The van der Waals surface area contributed by atoms with E-state index in [9.17, 15) is 4.79 Å². The lowest BCUT2D eigenvalue weighted by molar-refractivity contribution is -0.120. The van der Waals surface area contributed by atoms with Gasteiger partial charge in [0.2, 0.25) is 5.91 Å². The number of nitrogens with zero attached hydrogens (tertiary/aromatic N) is 1. The second kappa shape index (κ2) is 9.35. The third kappa shape index (κ3) is 5.80. The summed E-state index contributed by atoms with van der Waals surface area (Å²) in [7, 11) is 4.21. The highest BCUT2D eigenvalue weighted by molar-refractivity contribution is 5.78. The van der Waals surface area contributed by atoms with E-state index in [2.05, 4.69) is 43.5 Å². The average Bonchev–Trinajstić information content (AvgIpc) is 2.94. The van der Waals surface area contributed by atoms with E-state index in [1.54, 1.807) is 0 Å². The summed E-state index contributed by atoms with van der Waals surface area (Å²) in [6.07, 6.45) is 7.38. The molecule has 0 heterocycles. The molecule has 1 fully saturated rings. The molecule has 4 nitrogen and oxygen atoms in total. The fraction of sp³-hybridized carbons (Fsp3) is 0.938. The molecule has 1 saturated carbocycles. The van der Waals surface area contributed by atoms with Crippen LogP contribution in [-0.4, -0.2) is 50.1 Å². The molecule has 0 aliphatic heterocycles. The van der Waals surface area contributed by atoms with Crippen molar-refractivity contribution in [3.63, 3.8) is 0 Å². The molecule has 0 bridgehead atoms. The quantitative estimate of drug-likeness (QED) is 0.680. The van der Waals surface area contributed by atoms with Crippen LogP contribution in [0.3, 0.4) is 0 Å². The van der Waals surface area contributed by atoms with Crippen LogP contribution in [-0.2, 0) is 4.79 Å². The van der Waals surface area contributed by atoms with Gasteiger partial charge in [-0.3, -0.25) is 4.79 Å². The van der Waals surface area contributed by atoms with Crippen LogP contribution >= 0.6 is 0 Å². The van der Waals surface area contributed by atoms with Crippen molar-refractivity contribution in [2.24, 2.45) is 5.92 Å². The van der Waals surface area contributed by atoms with E-state index in [1.807, 2.05) is 0 Å². The number of carbonyl (C=O) groups excluding carboxylic acids is 1. The molecular formula is C16H33N3O. The van der Waals surface area contributed by atoms with Crippen LogP contribution in [0.4, 0.5) is 0 Å². The van der Waals surface area contributed by atoms with E-state index in [-0.39, 0.29) is 5.91 Å². The maximum Gasteiger partial charge on any atom is 0.234 e. The number of carbonyl (C=O) groups is 1. The molecule has 1 aliphatic rings. The molecule has 2 N–H and O–H groups in total. The first-order valence-corrected chi connectivity index (χ1v) is 8.24. The van der Waals surface area contributed by atoms with Gasteiger partial charge in [0.25, 0.3) is 0 Å².